The molecule has 0 spiro atoms. The quantitative estimate of drug-likeness (QED) is 0.182. The Hall–Kier alpha value is -6.88. The highest BCUT2D eigenvalue weighted by Crippen LogP contribution is 2.51. The smallest absolute Gasteiger partial charge is 0.141 e. The Bertz CT molecular complexity index is 2550. The molecule has 7 aromatic rings. The third-order valence-electron chi connectivity index (χ3n) is 9.31. The van der Waals surface area contributed by atoms with Gasteiger partial charge in [-0.15, -0.1) is 0 Å². The van der Waals surface area contributed by atoms with Crippen LogP contribution in [-0.4, -0.2) is 17.2 Å². The zero-order valence-corrected chi connectivity index (χ0v) is 27.2. The Morgan fingerprint density at radius 3 is 1.58 bits per heavy atom. The van der Waals surface area contributed by atoms with Crippen LogP contribution in [0.4, 0.5) is 0 Å². The predicted molar refractivity (Wildman–Crippen MR) is 204 cm³/mol. The normalized spacial score (nSPS) is 12.4. The summed E-state index contributed by atoms with van der Waals surface area (Å²) in [5.74, 6) is 0. The maximum absolute atomic E-state index is 9.59. The van der Waals surface area contributed by atoms with Gasteiger partial charge in [0.2, 0.25) is 0 Å². The molecule has 0 N–H and O–H groups in total. The lowest BCUT2D eigenvalue weighted by Crippen LogP contribution is -2.02. The molecule has 4 heteroatoms. The number of allylic oxidation sites excluding steroid dienone is 1. The van der Waals surface area contributed by atoms with Crippen LogP contribution in [-0.2, 0) is 0 Å². The number of hydrogen-bond acceptors (Lipinski definition) is 4. The van der Waals surface area contributed by atoms with Gasteiger partial charge in [-0.2, -0.15) is 10.5 Å². The van der Waals surface area contributed by atoms with Gasteiger partial charge in [0, 0.05) is 12.7 Å². The summed E-state index contributed by atoms with van der Waals surface area (Å²) in [6.45, 7) is 0.611. The molecule has 0 amide bonds. The average molecular weight is 639 g/mol. The number of pyridine rings is 1. The second kappa shape index (κ2) is 13.3. The van der Waals surface area contributed by atoms with Crippen molar-refractivity contribution < 1.29 is 0 Å². The number of fused-ring (bicyclic) bond motifs is 1. The van der Waals surface area contributed by atoms with E-state index in [2.05, 4.69) is 156 Å². The molecule has 0 atom stereocenters. The van der Waals surface area contributed by atoms with Gasteiger partial charge in [-0.25, -0.2) is 4.98 Å². The van der Waals surface area contributed by atoms with E-state index in [1.807, 2.05) is 18.2 Å². The van der Waals surface area contributed by atoms with Crippen molar-refractivity contribution in [1.29, 1.82) is 10.5 Å². The molecule has 0 saturated carbocycles. The van der Waals surface area contributed by atoms with Crippen LogP contribution in [0.5, 0.6) is 0 Å². The van der Waals surface area contributed by atoms with Gasteiger partial charge in [-0.1, -0.05) is 121 Å². The zero-order valence-electron chi connectivity index (χ0n) is 27.2. The molecule has 234 valence electrons. The van der Waals surface area contributed by atoms with Gasteiger partial charge in [-0.05, 0) is 114 Å². The second-order valence-electron chi connectivity index (χ2n) is 12.3. The third kappa shape index (κ3) is 5.66. The molecule has 1 aliphatic heterocycles. The van der Waals surface area contributed by atoms with Crippen molar-refractivity contribution in [2.45, 2.75) is 6.42 Å². The Morgan fingerprint density at radius 2 is 0.980 bits per heavy atom. The lowest BCUT2D eigenvalue weighted by Gasteiger charge is -2.25. The molecule has 1 aliphatic rings. The molecule has 2 heterocycles. The Kier molecular flexibility index (Phi) is 8.11. The Balaban J connectivity index is 1.48. The molecule has 8 rings (SSSR count). The zero-order chi connectivity index (χ0) is 33.9. The Morgan fingerprint density at radius 1 is 0.460 bits per heavy atom. The summed E-state index contributed by atoms with van der Waals surface area (Å²) in [6, 6.07) is 55.5. The summed E-state index contributed by atoms with van der Waals surface area (Å²) in [6.07, 6.45) is 4.41. The number of nitrogens with zero attached hydrogens (tertiary/aromatic N) is 4. The van der Waals surface area contributed by atoms with E-state index in [1.54, 1.807) is 6.20 Å². The summed E-state index contributed by atoms with van der Waals surface area (Å²) in [5.41, 5.74) is 14.1. The van der Waals surface area contributed by atoms with Crippen LogP contribution in [0.15, 0.2) is 163 Å². The van der Waals surface area contributed by atoms with Crippen molar-refractivity contribution >= 4 is 22.1 Å². The summed E-state index contributed by atoms with van der Waals surface area (Å²) < 4.78 is 0. The van der Waals surface area contributed by atoms with E-state index in [0.717, 1.165) is 84.0 Å². The van der Waals surface area contributed by atoms with Crippen LogP contribution in [0.1, 0.15) is 17.7 Å². The van der Waals surface area contributed by atoms with Gasteiger partial charge in [0.1, 0.15) is 23.5 Å². The van der Waals surface area contributed by atoms with E-state index < -0.39 is 0 Å². The molecule has 1 aromatic heterocycles. The highest BCUT2D eigenvalue weighted by atomic mass is 14.7. The van der Waals surface area contributed by atoms with E-state index >= 15 is 0 Å². The van der Waals surface area contributed by atoms with Crippen molar-refractivity contribution in [3.63, 3.8) is 0 Å². The van der Waals surface area contributed by atoms with E-state index in [1.165, 1.54) is 0 Å². The molecule has 6 aromatic carbocycles. The molecule has 0 fully saturated rings. The van der Waals surface area contributed by atoms with Gasteiger partial charge in [0.15, 0.2) is 0 Å². The van der Waals surface area contributed by atoms with Crippen LogP contribution in [0, 0.1) is 22.7 Å². The van der Waals surface area contributed by atoms with E-state index in [9.17, 15) is 10.5 Å². The number of rotatable bonds is 6. The van der Waals surface area contributed by atoms with Crippen LogP contribution < -0.4 is 0 Å². The second-order valence-corrected chi connectivity index (χ2v) is 12.3. The average Bonchev–Trinajstić information content (AvgIpc) is 3.20. The molecular formula is C46H30N4. The first-order valence-electron chi connectivity index (χ1n) is 16.6. The summed E-state index contributed by atoms with van der Waals surface area (Å²) in [5, 5.41) is 21.4. The number of aromatic nitrogens is 1. The highest BCUT2D eigenvalue weighted by molar-refractivity contribution is 6.18. The Labute approximate surface area is 291 Å². The van der Waals surface area contributed by atoms with Crippen LogP contribution in [0.2, 0.25) is 0 Å². The summed E-state index contributed by atoms with van der Waals surface area (Å²) in [7, 11) is 0. The fourth-order valence-corrected chi connectivity index (χ4v) is 7.10. The first kappa shape index (κ1) is 30.5. The van der Waals surface area contributed by atoms with E-state index in [0.29, 0.717) is 18.0 Å². The maximum Gasteiger partial charge on any atom is 0.141 e. The van der Waals surface area contributed by atoms with Gasteiger partial charge in [-0.3, -0.25) is 4.99 Å². The predicted octanol–water partition coefficient (Wildman–Crippen LogP) is 11.2. The topological polar surface area (TPSA) is 72.8 Å². The lowest BCUT2D eigenvalue weighted by atomic mass is 9.78. The van der Waals surface area contributed by atoms with Crippen molar-refractivity contribution in [2.24, 2.45) is 4.99 Å². The van der Waals surface area contributed by atoms with Crippen LogP contribution in [0.3, 0.4) is 0 Å². The number of aliphatic imine (C=N–C) groups is 1. The fraction of sp³-hybridized carbons (Fsp3) is 0.0435. The van der Waals surface area contributed by atoms with E-state index in [4.69, 9.17) is 0 Å². The van der Waals surface area contributed by atoms with Crippen molar-refractivity contribution in [3.8, 4) is 67.8 Å². The molecule has 0 aliphatic carbocycles. The van der Waals surface area contributed by atoms with Gasteiger partial charge < -0.3 is 0 Å². The highest BCUT2D eigenvalue weighted by Gasteiger charge is 2.24. The standard InChI is InChI=1S/C46H30N4/c47-29-39-27-35(21-23-49-39)33-15-9-17-37(25-33)43-41-19-7-8-20-42(41)44(38-18-10-16-34(26-38)36-22-24-50-40(28-36)30-48)46(32-13-5-2-6-14-32)45(43)31-11-3-1-4-12-31/h1-21,23,25-28H,22,24H2. The number of benzene rings is 6. The summed E-state index contributed by atoms with van der Waals surface area (Å²) in [4.78, 5) is 8.58. The summed E-state index contributed by atoms with van der Waals surface area (Å²) >= 11 is 0. The molecule has 50 heavy (non-hydrogen) atoms. The number of nitriles is 2. The van der Waals surface area contributed by atoms with Gasteiger partial charge in [0.05, 0.1) is 0 Å². The first-order chi connectivity index (χ1) is 24.7. The molecule has 4 nitrogen and oxygen atoms in total. The van der Waals surface area contributed by atoms with Crippen molar-refractivity contribution in [1.82, 2.24) is 4.98 Å². The van der Waals surface area contributed by atoms with Gasteiger partial charge >= 0.3 is 0 Å². The van der Waals surface area contributed by atoms with Crippen LogP contribution in [0.25, 0.3) is 72.0 Å². The molecular weight excluding hydrogens is 609 g/mol. The minimum atomic E-state index is 0.390. The first-order valence-corrected chi connectivity index (χ1v) is 16.6. The monoisotopic (exact) mass is 638 g/mol. The van der Waals surface area contributed by atoms with Gasteiger partial charge in [0.25, 0.3) is 0 Å². The van der Waals surface area contributed by atoms with Crippen molar-refractivity contribution in [2.75, 3.05) is 6.54 Å². The molecule has 0 bridgehead atoms. The van der Waals surface area contributed by atoms with Crippen LogP contribution >= 0.6 is 0 Å². The molecule has 0 radical (unpaired) electrons. The van der Waals surface area contributed by atoms with E-state index in [-0.39, 0.29) is 0 Å². The largest absolute Gasteiger partial charge is 0.274 e. The number of hydrogen-bond donors (Lipinski definition) is 0. The lowest BCUT2D eigenvalue weighted by molar-refractivity contribution is 1.01. The fourth-order valence-electron chi connectivity index (χ4n) is 7.10. The maximum atomic E-state index is 9.59. The minimum Gasteiger partial charge on any atom is -0.274 e. The SMILES string of the molecule is N#CC1=NCCC(c2cccc(-c3c(-c4ccccc4)c(-c4ccccc4)c(-c4cccc(-c5ccnc(C#N)c5)c4)c4ccccc34)c2)=C1. The molecule has 0 unspecified atom stereocenters. The number of dihydropyridines is 1. The third-order valence-corrected chi connectivity index (χ3v) is 9.31. The van der Waals surface area contributed by atoms with Crippen molar-refractivity contribution in [3.05, 3.63) is 169 Å². The molecule has 0 saturated heterocycles. The minimum absolute atomic E-state index is 0.390.